The zero-order valence-corrected chi connectivity index (χ0v) is 5.99. The van der Waals surface area contributed by atoms with Crippen molar-refractivity contribution in [3.63, 3.8) is 0 Å². The van der Waals surface area contributed by atoms with E-state index in [0.29, 0.717) is 12.2 Å². The fourth-order valence-corrected chi connectivity index (χ4v) is 0.143. The lowest BCUT2D eigenvalue weighted by molar-refractivity contribution is -0.134. The minimum absolute atomic E-state index is 0. The molecule has 0 saturated heterocycles. The van der Waals surface area contributed by atoms with Gasteiger partial charge in [0, 0.05) is 12.2 Å². The summed E-state index contributed by atoms with van der Waals surface area (Å²) in [5.74, 6) is -2.51. The Balaban J connectivity index is 0. The molecule has 0 aliphatic rings. The molecule has 0 aromatic carbocycles. The topological polar surface area (TPSA) is 74.6 Å². The Bertz CT molecular complexity index is 124. The third kappa shape index (κ3) is 11.0. The lowest BCUT2D eigenvalue weighted by atomic mass is 10.5. The number of carboxylic acid groups (broad SMARTS) is 2. The molecular formula is C4H7O4P. The minimum atomic E-state index is -1.26. The highest BCUT2D eigenvalue weighted by Gasteiger charge is 1.88. The Morgan fingerprint density at radius 3 is 1.33 bits per heavy atom. The molecule has 0 aliphatic heterocycles. The molecule has 0 rings (SSSR count). The molecule has 4 nitrogen and oxygen atoms in total. The van der Waals surface area contributed by atoms with E-state index in [1.165, 1.54) is 0 Å². The highest BCUT2D eigenvalue weighted by Crippen LogP contribution is 1.70. The first-order valence-electron chi connectivity index (χ1n) is 1.77. The Hall–Kier alpha value is -0.890. The molecule has 0 amide bonds. The van der Waals surface area contributed by atoms with Gasteiger partial charge >= 0.3 is 11.9 Å². The standard InChI is InChI=1S/C4H4O4.H3P/c5-3(6)1-2-4(7)8;/h1-2H,(H,5,6)(H,7,8);1H3. The average molecular weight is 150 g/mol. The summed E-state index contributed by atoms with van der Waals surface area (Å²) >= 11 is 0. The van der Waals surface area contributed by atoms with E-state index < -0.39 is 11.9 Å². The van der Waals surface area contributed by atoms with Gasteiger partial charge in [-0.05, 0) is 0 Å². The van der Waals surface area contributed by atoms with Crippen LogP contribution >= 0.6 is 9.90 Å². The average Bonchev–Trinajstić information content (AvgIpc) is 1.61. The molecule has 0 heterocycles. The summed E-state index contributed by atoms with van der Waals surface area (Å²) in [4.78, 5) is 19.1. The molecule has 0 saturated carbocycles. The van der Waals surface area contributed by atoms with Crippen molar-refractivity contribution in [2.45, 2.75) is 0 Å². The van der Waals surface area contributed by atoms with Gasteiger partial charge in [-0.3, -0.25) is 0 Å². The fourth-order valence-electron chi connectivity index (χ4n) is 0.143. The molecule has 9 heavy (non-hydrogen) atoms. The van der Waals surface area contributed by atoms with Crippen LogP contribution in [-0.2, 0) is 9.59 Å². The van der Waals surface area contributed by atoms with Crippen LogP contribution in [0.3, 0.4) is 0 Å². The maximum Gasteiger partial charge on any atom is 0.328 e. The molecule has 0 bridgehead atoms. The third-order valence-corrected chi connectivity index (χ3v) is 0.368. The van der Waals surface area contributed by atoms with Gasteiger partial charge in [0.2, 0.25) is 0 Å². The van der Waals surface area contributed by atoms with E-state index in [1.54, 1.807) is 0 Å². The van der Waals surface area contributed by atoms with Crippen LogP contribution in [0.15, 0.2) is 12.2 Å². The van der Waals surface area contributed by atoms with Crippen molar-refractivity contribution in [2.24, 2.45) is 0 Å². The quantitative estimate of drug-likeness (QED) is 0.421. The lowest BCUT2D eigenvalue weighted by Gasteiger charge is -1.74. The number of rotatable bonds is 2. The van der Waals surface area contributed by atoms with Gasteiger partial charge in [-0.1, -0.05) is 0 Å². The molecular weight excluding hydrogens is 143 g/mol. The van der Waals surface area contributed by atoms with Crippen molar-refractivity contribution in [2.75, 3.05) is 0 Å². The molecule has 2 N–H and O–H groups in total. The highest BCUT2D eigenvalue weighted by molar-refractivity contribution is 6.92. The molecule has 1 unspecified atom stereocenters. The van der Waals surface area contributed by atoms with Crippen LogP contribution in [0.1, 0.15) is 0 Å². The summed E-state index contributed by atoms with van der Waals surface area (Å²) in [7, 11) is 0. The first-order chi connectivity index (χ1) is 3.63. The van der Waals surface area contributed by atoms with Crippen LogP contribution in [0, 0.1) is 0 Å². The van der Waals surface area contributed by atoms with E-state index in [2.05, 4.69) is 0 Å². The van der Waals surface area contributed by atoms with Gasteiger partial charge in [-0.25, -0.2) is 9.59 Å². The van der Waals surface area contributed by atoms with E-state index in [1.807, 2.05) is 0 Å². The number of carboxylic acids is 2. The highest BCUT2D eigenvalue weighted by atomic mass is 31.0. The molecule has 0 radical (unpaired) electrons. The van der Waals surface area contributed by atoms with Crippen LogP contribution < -0.4 is 0 Å². The van der Waals surface area contributed by atoms with E-state index in [4.69, 9.17) is 10.2 Å². The zero-order valence-electron chi connectivity index (χ0n) is 4.57. The van der Waals surface area contributed by atoms with Crippen LogP contribution in [0.25, 0.3) is 0 Å². The number of carbonyl (C=O) groups is 2. The van der Waals surface area contributed by atoms with Crippen molar-refractivity contribution < 1.29 is 19.8 Å². The van der Waals surface area contributed by atoms with Crippen molar-refractivity contribution in [1.29, 1.82) is 0 Å². The monoisotopic (exact) mass is 150 g/mol. The normalized spacial score (nSPS) is 8.44. The second-order valence-corrected chi connectivity index (χ2v) is 1.01. The Morgan fingerprint density at radius 2 is 1.22 bits per heavy atom. The summed E-state index contributed by atoms with van der Waals surface area (Å²) in [6.07, 6.45) is 1.12. The largest absolute Gasteiger partial charge is 0.478 e. The number of hydrogen-bond donors (Lipinski definition) is 2. The minimum Gasteiger partial charge on any atom is -0.478 e. The van der Waals surface area contributed by atoms with E-state index >= 15 is 0 Å². The molecule has 5 heteroatoms. The maximum atomic E-state index is 9.55. The predicted octanol–water partition coefficient (Wildman–Crippen LogP) is -0.230. The van der Waals surface area contributed by atoms with Gasteiger partial charge in [0.1, 0.15) is 0 Å². The van der Waals surface area contributed by atoms with Crippen LogP contribution in [0.4, 0.5) is 0 Å². The van der Waals surface area contributed by atoms with Gasteiger partial charge in [0.15, 0.2) is 0 Å². The van der Waals surface area contributed by atoms with Gasteiger partial charge in [-0.15, -0.1) is 0 Å². The second-order valence-electron chi connectivity index (χ2n) is 1.01. The third-order valence-electron chi connectivity index (χ3n) is 0.368. The molecule has 0 aromatic heterocycles. The molecule has 0 aliphatic carbocycles. The molecule has 0 fully saturated rings. The first kappa shape index (κ1) is 11.0. The van der Waals surface area contributed by atoms with Crippen molar-refractivity contribution in [1.82, 2.24) is 0 Å². The molecule has 52 valence electrons. The Kier molecular flexibility index (Phi) is 6.41. The van der Waals surface area contributed by atoms with Crippen LogP contribution in [-0.4, -0.2) is 22.2 Å². The van der Waals surface area contributed by atoms with E-state index in [-0.39, 0.29) is 9.90 Å². The predicted molar refractivity (Wildman–Crippen MR) is 35.5 cm³/mol. The molecule has 0 aromatic rings. The number of hydrogen-bond acceptors (Lipinski definition) is 2. The second kappa shape index (κ2) is 5.25. The Labute approximate surface area is 54.8 Å². The van der Waals surface area contributed by atoms with Crippen LogP contribution in [0.2, 0.25) is 0 Å². The van der Waals surface area contributed by atoms with Gasteiger partial charge in [0.25, 0.3) is 0 Å². The van der Waals surface area contributed by atoms with Crippen molar-refractivity contribution in [3.05, 3.63) is 12.2 Å². The number of aliphatic carboxylic acids is 2. The van der Waals surface area contributed by atoms with Crippen molar-refractivity contribution >= 4 is 21.8 Å². The smallest absolute Gasteiger partial charge is 0.328 e. The zero-order chi connectivity index (χ0) is 6.57. The Morgan fingerprint density at radius 1 is 1.00 bits per heavy atom. The summed E-state index contributed by atoms with van der Waals surface area (Å²) < 4.78 is 0. The summed E-state index contributed by atoms with van der Waals surface area (Å²) in [5.41, 5.74) is 0. The first-order valence-corrected chi connectivity index (χ1v) is 1.77. The van der Waals surface area contributed by atoms with Gasteiger partial charge in [-0.2, -0.15) is 9.90 Å². The van der Waals surface area contributed by atoms with Crippen LogP contribution in [0.5, 0.6) is 0 Å². The summed E-state index contributed by atoms with van der Waals surface area (Å²) in [5, 5.41) is 15.6. The lowest BCUT2D eigenvalue weighted by Crippen LogP contribution is -1.91. The molecule has 0 spiro atoms. The molecule has 1 atom stereocenters. The van der Waals surface area contributed by atoms with Crippen molar-refractivity contribution in [3.8, 4) is 0 Å². The summed E-state index contributed by atoms with van der Waals surface area (Å²) in [6, 6.07) is 0. The van der Waals surface area contributed by atoms with Gasteiger partial charge < -0.3 is 10.2 Å². The summed E-state index contributed by atoms with van der Waals surface area (Å²) in [6.45, 7) is 0. The van der Waals surface area contributed by atoms with E-state index in [9.17, 15) is 9.59 Å². The SMILES string of the molecule is O=C(O)C=CC(=O)O.P. The maximum absolute atomic E-state index is 9.55. The van der Waals surface area contributed by atoms with E-state index in [0.717, 1.165) is 0 Å². The van der Waals surface area contributed by atoms with Gasteiger partial charge in [0.05, 0.1) is 0 Å². The fraction of sp³-hybridized carbons (Fsp3) is 0.